The van der Waals surface area contributed by atoms with Crippen LogP contribution in [-0.4, -0.2) is 58.2 Å². The zero-order chi connectivity index (χ0) is 24.6. The quantitative estimate of drug-likeness (QED) is 0.540. The largest absolute Gasteiger partial charge is 0.444 e. The standard InChI is InChI=1S/C15H23N5O4.C7H6Cl2/c1-15(2,3)24-14(23)20-6-4-10(5-7-20)18-13(22)12-11(16-9-21)8-17-19-12;1-5-6(8)3-2-4-7(5)9/h8-10H,4-7H2,1-3H3,(H,16,21)(H,17,19)(H,18,22);2-4H,1H3. The lowest BCUT2D eigenvalue weighted by molar-refractivity contribution is -0.105. The molecule has 0 saturated carbocycles. The molecule has 1 saturated heterocycles. The number of anilines is 1. The van der Waals surface area contributed by atoms with Crippen LogP contribution in [0.25, 0.3) is 0 Å². The smallest absolute Gasteiger partial charge is 0.410 e. The molecule has 1 aromatic heterocycles. The lowest BCUT2D eigenvalue weighted by atomic mass is 10.1. The Hall–Kier alpha value is -2.78. The summed E-state index contributed by atoms with van der Waals surface area (Å²) in [5.74, 6) is -0.340. The Morgan fingerprint density at radius 2 is 1.82 bits per heavy atom. The van der Waals surface area contributed by atoms with Crippen LogP contribution in [0.4, 0.5) is 10.5 Å². The number of piperidine rings is 1. The highest BCUT2D eigenvalue weighted by Crippen LogP contribution is 2.22. The molecule has 0 bridgehead atoms. The maximum Gasteiger partial charge on any atom is 0.410 e. The first-order valence-corrected chi connectivity index (χ1v) is 11.2. The number of aromatic nitrogens is 2. The third kappa shape index (κ3) is 8.25. The van der Waals surface area contributed by atoms with Gasteiger partial charge in [-0.25, -0.2) is 4.79 Å². The second-order valence-electron chi connectivity index (χ2n) is 8.48. The fourth-order valence-electron chi connectivity index (χ4n) is 3.00. The van der Waals surface area contributed by atoms with Crippen molar-refractivity contribution in [1.29, 1.82) is 0 Å². The zero-order valence-electron chi connectivity index (χ0n) is 19.1. The zero-order valence-corrected chi connectivity index (χ0v) is 20.6. The molecule has 9 nitrogen and oxygen atoms in total. The van der Waals surface area contributed by atoms with E-state index in [0.717, 1.165) is 15.6 Å². The lowest BCUT2D eigenvalue weighted by Gasteiger charge is -2.33. The Balaban J connectivity index is 0.000000357. The van der Waals surface area contributed by atoms with E-state index in [-0.39, 0.29) is 23.7 Å². The summed E-state index contributed by atoms with van der Waals surface area (Å²) in [6.45, 7) is 8.41. The molecule has 3 rings (SSSR count). The Bertz CT molecular complexity index is 946. The second-order valence-corrected chi connectivity index (χ2v) is 9.30. The molecule has 2 aromatic rings. The van der Waals surface area contributed by atoms with Crippen LogP contribution < -0.4 is 10.6 Å². The minimum absolute atomic E-state index is 0.0523. The number of nitrogens with one attached hydrogen (secondary N) is 3. The van der Waals surface area contributed by atoms with Gasteiger partial charge in [-0.15, -0.1) is 0 Å². The number of carbonyl (C=O) groups is 3. The molecule has 0 spiro atoms. The van der Waals surface area contributed by atoms with Gasteiger partial charge in [-0.1, -0.05) is 29.3 Å². The highest BCUT2D eigenvalue weighted by Gasteiger charge is 2.28. The van der Waals surface area contributed by atoms with Gasteiger partial charge in [-0.3, -0.25) is 14.7 Å². The van der Waals surface area contributed by atoms with Gasteiger partial charge in [-0.05, 0) is 58.2 Å². The van der Waals surface area contributed by atoms with E-state index < -0.39 is 5.60 Å². The number of H-pyrrole nitrogens is 1. The number of nitrogens with zero attached hydrogens (tertiary/aromatic N) is 2. The lowest BCUT2D eigenvalue weighted by Crippen LogP contribution is -2.47. The molecule has 0 unspecified atom stereocenters. The molecule has 0 aliphatic carbocycles. The van der Waals surface area contributed by atoms with Crippen molar-refractivity contribution in [3.63, 3.8) is 0 Å². The van der Waals surface area contributed by atoms with E-state index in [2.05, 4.69) is 20.8 Å². The van der Waals surface area contributed by atoms with Crippen LogP contribution in [0, 0.1) is 6.92 Å². The average Bonchev–Trinajstić information content (AvgIpc) is 3.20. The van der Waals surface area contributed by atoms with Crippen LogP contribution in [0.2, 0.25) is 10.0 Å². The number of likely N-dealkylation sites (tertiary alicyclic amines) is 1. The van der Waals surface area contributed by atoms with E-state index in [0.29, 0.717) is 38.0 Å². The van der Waals surface area contributed by atoms with Crippen LogP contribution in [0.15, 0.2) is 24.4 Å². The van der Waals surface area contributed by atoms with Gasteiger partial charge in [0.05, 0.1) is 11.9 Å². The van der Waals surface area contributed by atoms with E-state index in [9.17, 15) is 14.4 Å². The molecule has 33 heavy (non-hydrogen) atoms. The number of ether oxygens (including phenoxy) is 1. The van der Waals surface area contributed by atoms with Crippen molar-refractivity contribution >= 4 is 47.3 Å². The van der Waals surface area contributed by atoms with Crippen LogP contribution in [0.5, 0.6) is 0 Å². The van der Waals surface area contributed by atoms with E-state index >= 15 is 0 Å². The molecule has 1 fully saturated rings. The molecule has 3 N–H and O–H groups in total. The molecule has 1 aromatic carbocycles. The summed E-state index contributed by atoms with van der Waals surface area (Å²) in [5, 5.41) is 13.1. The minimum Gasteiger partial charge on any atom is -0.444 e. The normalized spacial score (nSPS) is 14.1. The number of rotatable bonds is 4. The van der Waals surface area contributed by atoms with Crippen molar-refractivity contribution in [2.45, 2.75) is 52.2 Å². The number of hydrogen-bond acceptors (Lipinski definition) is 5. The minimum atomic E-state index is -0.523. The Morgan fingerprint density at radius 1 is 1.21 bits per heavy atom. The summed E-state index contributed by atoms with van der Waals surface area (Å²) in [6, 6.07) is 5.42. The van der Waals surface area contributed by atoms with Gasteiger partial charge < -0.3 is 20.3 Å². The Morgan fingerprint density at radius 3 is 2.33 bits per heavy atom. The van der Waals surface area contributed by atoms with E-state index in [1.54, 1.807) is 4.90 Å². The monoisotopic (exact) mass is 497 g/mol. The average molecular weight is 498 g/mol. The van der Waals surface area contributed by atoms with Crippen molar-refractivity contribution in [2.75, 3.05) is 18.4 Å². The predicted octanol–water partition coefficient (Wildman–Crippen LogP) is 4.41. The van der Waals surface area contributed by atoms with Gasteiger partial charge in [0.15, 0.2) is 0 Å². The molecule has 2 heterocycles. The number of benzene rings is 1. The van der Waals surface area contributed by atoms with Gasteiger partial charge in [0, 0.05) is 29.2 Å². The highest BCUT2D eigenvalue weighted by atomic mass is 35.5. The van der Waals surface area contributed by atoms with Crippen molar-refractivity contribution in [2.24, 2.45) is 0 Å². The maximum atomic E-state index is 12.2. The molecule has 0 radical (unpaired) electrons. The van der Waals surface area contributed by atoms with Crippen LogP contribution in [0.1, 0.15) is 49.7 Å². The van der Waals surface area contributed by atoms with Crippen LogP contribution in [0.3, 0.4) is 0 Å². The summed E-state index contributed by atoms with van der Waals surface area (Å²) in [4.78, 5) is 36.4. The topological polar surface area (TPSA) is 116 Å². The second kappa shape index (κ2) is 11.9. The van der Waals surface area contributed by atoms with Crippen molar-refractivity contribution < 1.29 is 19.1 Å². The summed E-state index contributed by atoms with van der Waals surface area (Å²) < 4.78 is 5.34. The third-order valence-corrected chi connectivity index (χ3v) is 5.58. The summed E-state index contributed by atoms with van der Waals surface area (Å²) in [5.41, 5.74) is 0.955. The molecular weight excluding hydrogens is 469 g/mol. The Kier molecular flexibility index (Phi) is 9.55. The van der Waals surface area contributed by atoms with Crippen molar-refractivity contribution in [3.05, 3.63) is 45.7 Å². The van der Waals surface area contributed by atoms with Crippen LogP contribution >= 0.6 is 23.2 Å². The van der Waals surface area contributed by atoms with E-state index in [1.165, 1.54) is 6.20 Å². The number of aromatic amines is 1. The molecule has 1 aliphatic rings. The van der Waals surface area contributed by atoms with E-state index in [1.807, 2.05) is 45.9 Å². The highest BCUT2D eigenvalue weighted by molar-refractivity contribution is 6.35. The first-order chi connectivity index (χ1) is 15.5. The number of hydrogen-bond donors (Lipinski definition) is 3. The molecule has 1 aliphatic heterocycles. The number of carbonyl (C=O) groups excluding carboxylic acids is 3. The van der Waals surface area contributed by atoms with Gasteiger partial charge >= 0.3 is 6.09 Å². The van der Waals surface area contributed by atoms with E-state index in [4.69, 9.17) is 27.9 Å². The van der Waals surface area contributed by atoms with Gasteiger partial charge in [0.25, 0.3) is 5.91 Å². The fourth-order valence-corrected chi connectivity index (χ4v) is 3.40. The molecule has 11 heteroatoms. The first-order valence-electron chi connectivity index (χ1n) is 10.4. The summed E-state index contributed by atoms with van der Waals surface area (Å²) >= 11 is 11.5. The number of amides is 3. The molecule has 180 valence electrons. The van der Waals surface area contributed by atoms with Crippen LogP contribution in [-0.2, 0) is 9.53 Å². The summed E-state index contributed by atoms with van der Waals surface area (Å²) in [6.07, 6.45) is 2.79. The molecule has 3 amide bonds. The predicted molar refractivity (Wildman–Crippen MR) is 128 cm³/mol. The SMILES string of the molecule is CC(C)(C)OC(=O)N1CCC(NC(=O)c2[nH]ncc2NC=O)CC1.Cc1c(Cl)cccc1Cl. The molecule has 0 atom stereocenters. The third-order valence-electron chi connectivity index (χ3n) is 4.76. The van der Waals surface area contributed by atoms with Crippen molar-refractivity contribution in [3.8, 4) is 0 Å². The van der Waals surface area contributed by atoms with Gasteiger partial charge in [0.1, 0.15) is 11.3 Å². The fraction of sp³-hybridized carbons (Fsp3) is 0.455. The van der Waals surface area contributed by atoms with Gasteiger partial charge in [0.2, 0.25) is 6.41 Å². The van der Waals surface area contributed by atoms with Crippen molar-refractivity contribution in [1.82, 2.24) is 20.4 Å². The first kappa shape index (κ1) is 26.5. The van der Waals surface area contributed by atoms with Gasteiger partial charge in [-0.2, -0.15) is 5.10 Å². The summed E-state index contributed by atoms with van der Waals surface area (Å²) in [7, 11) is 0. The molecular formula is C22H29Cl2N5O4. The number of halogens is 2. The maximum absolute atomic E-state index is 12.2. The Labute approximate surface area is 203 Å².